The third-order valence-corrected chi connectivity index (χ3v) is 6.29. The smallest absolute Gasteiger partial charge is 0.236 e. The van der Waals surface area contributed by atoms with E-state index in [1.54, 1.807) is 36.2 Å². The molecule has 0 radical (unpaired) electrons. The molecule has 0 atom stereocenters. The monoisotopic (exact) mass is 373 g/mol. The standard InChI is InChI=1S/C14H16BrNO2S2/c1-12-5-7-13(8-6-12)20(17,18)16-10-2-4-14(16)19-11-3-9-15/h2,4-8,10H,3,9,11H2,1H3. The topological polar surface area (TPSA) is 39.1 Å². The summed E-state index contributed by atoms with van der Waals surface area (Å²) in [6.07, 6.45) is 2.60. The van der Waals surface area contributed by atoms with Gasteiger partial charge in [-0.25, -0.2) is 12.4 Å². The average molecular weight is 374 g/mol. The van der Waals surface area contributed by atoms with E-state index in [-0.39, 0.29) is 0 Å². The van der Waals surface area contributed by atoms with Crippen LogP contribution in [0.3, 0.4) is 0 Å². The first-order chi connectivity index (χ1) is 9.55. The fourth-order valence-electron chi connectivity index (χ4n) is 1.72. The van der Waals surface area contributed by atoms with Crippen molar-refractivity contribution in [1.29, 1.82) is 0 Å². The zero-order valence-electron chi connectivity index (χ0n) is 11.1. The Balaban J connectivity index is 2.30. The molecular weight excluding hydrogens is 358 g/mol. The first-order valence-electron chi connectivity index (χ1n) is 6.24. The minimum absolute atomic E-state index is 0.321. The van der Waals surface area contributed by atoms with Crippen molar-refractivity contribution in [3.63, 3.8) is 0 Å². The summed E-state index contributed by atoms with van der Waals surface area (Å²) in [4.78, 5) is 0.321. The molecule has 0 aliphatic carbocycles. The Bertz CT molecular complexity index is 663. The highest BCUT2D eigenvalue weighted by atomic mass is 79.9. The van der Waals surface area contributed by atoms with Crippen LogP contribution in [0.5, 0.6) is 0 Å². The summed E-state index contributed by atoms with van der Waals surface area (Å²) in [7, 11) is -3.50. The molecule has 0 bridgehead atoms. The minimum Gasteiger partial charge on any atom is -0.236 e. The lowest BCUT2D eigenvalue weighted by Gasteiger charge is -2.10. The molecule has 3 nitrogen and oxygen atoms in total. The van der Waals surface area contributed by atoms with E-state index in [4.69, 9.17) is 0 Å². The predicted molar refractivity (Wildman–Crippen MR) is 87.3 cm³/mol. The van der Waals surface area contributed by atoms with Gasteiger partial charge in [-0.05, 0) is 37.6 Å². The molecule has 6 heteroatoms. The van der Waals surface area contributed by atoms with Crippen molar-refractivity contribution < 1.29 is 8.42 Å². The third kappa shape index (κ3) is 3.48. The van der Waals surface area contributed by atoms with Gasteiger partial charge in [0.1, 0.15) is 0 Å². The van der Waals surface area contributed by atoms with E-state index in [0.29, 0.717) is 4.90 Å². The summed E-state index contributed by atoms with van der Waals surface area (Å²) in [5.41, 5.74) is 1.04. The first-order valence-corrected chi connectivity index (χ1v) is 9.79. The third-order valence-electron chi connectivity index (χ3n) is 2.78. The van der Waals surface area contributed by atoms with Gasteiger partial charge in [0.25, 0.3) is 10.0 Å². The van der Waals surface area contributed by atoms with Crippen LogP contribution in [0.15, 0.2) is 52.5 Å². The number of thioether (sulfide) groups is 1. The van der Waals surface area contributed by atoms with Crippen LogP contribution >= 0.6 is 27.7 Å². The number of hydrogen-bond donors (Lipinski definition) is 0. The second kappa shape index (κ2) is 6.83. The van der Waals surface area contributed by atoms with E-state index >= 15 is 0 Å². The lowest BCUT2D eigenvalue weighted by atomic mass is 10.2. The highest BCUT2D eigenvalue weighted by Crippen LogP contribution is 2.25. The van der Waals surface area contributed by atoms with Crippen LogP contribution in [0.2, 0.25) is 0 Å². The highest BCUT2D eigenvalue weighted by molar-refractivity contribution is 9.09. The summed E-state index contributed by atoms with van der Waals surface area (Å²) < 4.78 is 26.6. The van der Waals surface area contributed by atoms with E-state index in [1.807, 2.05) is 25.1 Å². The number of benzene rings is 1. The van der Waals surface area contributed by atoms with Crippen molar-refractivity contribution in [2.45, 2.75) is 23.3 Å². The van der Waals surface area contributed by atoms with Gasteiger partial charge < -0.3 is 0 Å². The van der Waals surface area contributed by atoms with Crippen LogP contribution < -0.4 is 0 Å². The number of nitrogens with zero attached hydrogens (tertiary/aromatic N) is 1. The van der Waals surface area contributed by atoms with Gasteiger partial charge in [0.2, 0.25) is 0 Å². The van der Waals surface area contributed by atoms with Gasteiger partial charge in [0.15, 0.2) is 0 Å². The van der Waals surface area contributed by atoms with Crippen molar-refractivity contribution in [1.82, 2.24) is 3.97 Å². The fourth-order valence-corrected chi connectivity index (χ4v) is 4.92. The molecule has 0 unspecified atom stereocenters. The van der Waals surface area contributed by atoms with Gasteiger partial charge in [-0.3, -0.25) is 0 Å². The molecule has 1 aromatic heterocycles. The lowest BCUT2D eigenvalue weighted by molar-refractivity contribution is 0.583. The van der Waals surface area contributed by atoms with E-state index in [9.17, 15) is 8.42 Å². The Labute approximate surface area is 132 Å². The molecule has 0 aliphatic heterocycles. The maximum atomic E-state index is 12.6. The Morgan fingerprint density at radius 3 is 2.55 bits per heavy atom. The minimum atomic E-state index is -3.50. The molecule has 0 saturated carbocycles. The van der Waals surface area contributed by atoms with Gasteiger partial charge in [-0.15, -0.1) is 11.8 Å². The second-order valence-electron chi connectivity index (χ2n) is 4.35. The van der Waals surface area contributed by atoms with E-state index in [0.717, 1.165) is 28.1 Å². The molecule has 108 valence electrons. The molecule has 1 heterocycles. The number of halogens is 1. The SMILES string of the molecule is Cc1ccc(S(=O)(=O)n2cccc2SCCCBr)cc1. The quantitative estimate of drug-likeness (QED) is 0.437. The summed E-state index contributed by atoms with van der Waals surface area (Å²) in [6.45, 7) is 1.94. The molecule has 2 rings (SSSR count). The number of alkyl halides is 1. The van der Waals surface area contributed by atoms with Crippen LogP contribution in [0, 0.1) is 6.92 Å². The second-order valence-corrected chi connectivity index (χ2v) is 8.07. The molecule has 0 aliphatic rings. The van der Waals surface area contributed by atoms with Gasteiger partial charge in [-0.1, -0.05) is 33.6 Å². The largest absolute Gasteiger partial charge is 0.268 e. The fraction of sp³-hybridized carbons (Fsp3) is 0.286. The first kappa shape index (κ1) is 15.7. The Hall–Kier alpha value is -0.720. The molecule has 0 spiro atoms. The average Bonchev–Trinajstić information content (AvgIpc) is 2.89. The van der Waals surface area contributed by atoms with Crippen LogP contribution in [0.25, 0.3) is 0 Å². The molecule has 0 saturated heterocycles. The number of rotatable bonds is 6. The summed E-state index contributed by atoms with van der Waals surface area (Å²) in [5, 5.41) is 1.68. The van der Waals surface area contributed by atoms with Crippen LogP contribution in [0.4, 0.5) is 0 Å². The zero-order chi connectivity index (χ0) is 14.6. The van der Waals surface area contributed by atoms with Crippen molar-refractivity contribution in [3.05, 3.63) is 48.2 Å². The molecule has 0 fully saturated rings. The maximum absolute atomic E-state index is 12.6. The molecule has 2 aromatic rings. The normalized spacial score (nSPS) is 11.7. The van der Waals surface area contributed by atoms with Crippen molar-refractivity contribution >= 4 is 37.7 Å². The zero-order valence-corrected chi connectivity index (χ0v) is 14.3. The van der Waals surface area contributed by atoms with Crippen LogP contribution in [-0.2, 0) is 10.0 Å². The van der Waals surface area contributed by atoms with Crippen molar-refractivity contribution in [2.75, 3.05) is 11.1 Å². The summed E-state index contributed by atoms with van der Waals surface area (Å²) >= 11 is 4.93. The molecule has 0 N–H and O–H groups in total. The van der Waals surface area contributed by atoms with Gasteiger partial charge in [0.05, 0.1) is 9.92 Å². The predicted octanol–water partition coefficient (Wildman–Crippen LogP) is 3.91. The summed E-state index contributed by atoms with van der Waals surface area (Å²) in [6, 6.07) is 10.5. The Morgan fingerprint density at radius 1 is 1.20 bits per heavy atom. The lowest BCUT2D eigenvalue weighted by Crippen LogP contribution is -2.13. The van der Waals surface area contributed by atoms with E-state index < -0.39 is 10.0 Å². The van der Waals surface area contributed by atoms with Gasteiger partial charge in [-0.2, -0.15) is 0 Å². The van der Waals surface area contributed by atoms with Gasteiger partial charge >= 0.3 is 0 Å². The molecule has 0 amide bonds. The molecular formula is C14H16BrNO2S2. The Kier molecular flexibility index (Phi) is 5.35. The van der Waals surface area contributed by atoms with Crippen molar-refractivity contribution in [2.24, 2.45) is 0 Å². The highest BCUT2D eigenvalue weighted by Gasteiger charge is 2.19. The Morgan fingerprint density at radius 2 is 1.90 bits per heavy atom. The maximum Gasteiger partial charge on any atom is 0.268 e. The van der Waals surface area contributed by atoms with Gasteiger partial charge in [0, 0.05) is 17.3 Å². The summed E-state index contributed by atoms with van der Waals surface area (Å²) in [5.74, 6) is 0.888. The van der Waals surface area contributed by atoms with E-state index in [1.165, 1.54) is 3.97 Å². The molecule has 1 aromatic carbocycles. The number of aryl methyl sites for hydroxylation is 1. The number of hydrogen-bond acceptors (Lipinski definition) is 3. The van der Waals surface area contributed by atoms with Crippen LogP contribution in [-0.4, -0.2) is 23.5 Å². The number of aromatic nitrogens is 1. The van der Waals surface area contributed by atoms with E-state index in [2.05, 4.69) is 15.9 Å². The van der Waals surface area contributed by atoms with Crippen molar-refractivity contribution in [3.8, 4) is 0 Å². The molecule has 20 heavy (non-hydrogen) atoms. The van der Waals surface area contributed by atoms with Crippen LogP contribution in [0.1, 0.15) is 12.0 Å².